The number of rotatable bonds is 3. The fraction of sp³-hybridized carbons (Fsp3) is 0.500. The van der Waals surface area contributed by atoms with Crippen LogP contribution in [-0.2, 0) is 15.6 Å². The Hall–Kier alpha value is -1.11. The Morgan fingerprint density at radius 1 is 1.39 bits per heavy atom. The molecule has 0 bridgehead atoms. The lowest BCUT2D eigenvalue weighted by Crippen LogP contribution is -2.32. The van der Waals surface area contributed by atoms with Gasteiger partial charge in [0.25, 0.3) is 0 Å². The highest BCUT2D eigenvalue weighted by Gasteiger charge is 2.19. The van der Waals surface area contributed by atoms with E-state index in [9.17, 15) is 0 Å². The summed E-state index contributed by atoms with van der Waals surface area (Å²) >= 11 is 0. The monoisotopic (exact) mass is 273 g/mol. The Balaban J connectivity index is 0.000000357. The van der Waals surface area contributed by atoms with E-state index in [1.165, 1.54) is 11.1 Å². The van der Waals surface area contributed by atoms with Gasteiger partial charge in [-0.1, -0.05) is 12.1 Å². The van der Waals surface area contributed by atoms with Crippen LogP contribution in [0.15, 0.2) is 18.2 Å². The van der Waals surface area contributed by atoms with Crippen LogP contribution in [0.4, 0.5) is 0 Å². The fourth-order valence-electron chi connectivity index (χ4n) is 1.47. The average Bonchev–Trinajstić information content (AvgIpc) is 2.21. The minimum atomic E-state index is -2.62. The van der Waals surface area contributed by atoms with Crippen molar-refractivity contribution >= 4 is 10.9 Å². The highest BCUT2D eigenvalue weighted by atomic mass is 32.2. The largest absolute Gasteiger partial charge is 0.493 e. The summed E-state index contributed by atoms with van der Waals surface area (Å²) in [7, 11) is -2.62. The highest BCUT2D eigenvalue weighted by Crippen LogP contribution is 2.22. The summed E-state index contributed by atoms with van der Waals surface area (Å²) in [6.07, 6.45) is 0. The Labute approximate surface area is 109 Å². The van der Waals surface area contributed by atoms with Crippen LogP contribution in [0.2, 0.25) is 0 Å². The zero-order chi connectivity index (χ0) is 13.5. The van der Waals surface area contributed by atoms with Crippen molar-refractivity contribution in [1.29, 1.82) is 0 Å². The lowest BCUT2D eigenvalue weighted by molar-refractivity contribution is -0.0509. The maximum Gasteiger partial charge on any atom is 0.198 e. The first-order valence-electron chi connectivity index (χ1n) is 5.66. The van der Waals surface area contributed by atoms with Gasteiger partial charge in [0.2, 0.25) is 0 Å². The van der Waals surface area contributed by atoms with Crippen molar-refractivity contribution in [2.45, 2.75) is 13.8 Å². The van der Waals surface area contributed by atoms with Crippen LogP contribution in [0.5, 0.6) is 5.75 Å². The highest BCUT2D eigenvalue weighted by molar-refractivity contribution is 7.69. The van der Waals surface area contributed by atoms with Crippen molar-refractivity contribution < 1.29 is 17.9 Å². The Bertz CT molecular complexity index is 447. The quantitative estimate of drug-likeness (QED) is 0.798. The Morgan fingerprint density at radius 2 is 2.00 bits per heavy atom. The smallest absolute Gasteiger partial charge is 0.198 e. The summed E-state index contributed by atoms with van der Waals surface area (Å²) in [5.74, 6) is 1.60. The van der Waals surface area contributed by atoms with Crippen molar-refractivity contribution in [3.05, 3.63) is 29.3 Å². The molecule has 0 radical (unpaired) electrons. The predicted molar refractivity (Wildman–Crippen MR) is 70.2 cm³/mol. The van der Waals surface area contributed by atoms with Crippen LogP contribution in [0.25, 0.3) is 0 Å². The molecule has 102 valence electrons. The minimum absolute atomic E-state index is 0.593. The van der Waals surface area contributed by atoms with E-state index in [0.29, 0.717) is 5.92 Å². The van der Waals surface area contributed by atoms with Crippen LogP contribution in [-0.4, -0.2) is 28.2 Å². The first kappa shape index (κ1) is 14.9. The molecule has 1 aliphatic rings. The Kier molecular flexibility index (Phi) is 6.11. The molecule has 18 heavy (non-hydrogen) atoms. The summed E-state index contributed by atoms with van der Waals surface area (Å²) in [6.45, 7) is 6.69. The molecule has 2 N–H and O–H groups in total. The molecular weight excluding hydrogens is 254 g/mol. The minimum Gasteiger partial charge on any atom is -0.493 e. The number of benzene rings is 1. The molecule has 0 aromatic heterocycles. The van der Waals surface area contributed by atoms with Gasteiger partial charge in [-0.3, -0.25) is 0 Å². The molecule has 1 aromatic carbocycles. The lowest BCUT2D eigenvalue weighted by Gasteiger charge is -2.26. The van der Waals surface area contributed by atoms with E-state index in [4.69, 9.17) is 17.9 Å². The predicted octanol–water partition coefficient (Wildman–Crippen LogP) is 0.800. The molecule has 1 aliphatic heterocycles. The molecule has 6 heteroatoms. The third-order valence-electron chi connectivity index (χ3n) is 2.74. The fourth-order valence-corrected chi connectivity index (χ4v) is 1.47. The zero-order valence-corrected chi connectivity index (χ0v) is 11.5. The number of aryl methyl sites for hydroxylation is 1. The van der Waals surface area contributed by atoms with Crippen molar-refractivity contribution in [3.8, 4) is 5.75 Å². The average molecular weight is 273 g/mol. The molecule has 1 saturated heterocycles. The van der Waals surface area contributed by atoms with Gasteiger partial charge < -0.3 is 9.47 Å². The summed E-state index contributed by atoms with van der Waals surface area (Å²) in [4.78, 5) is 0. The molecule has 1 fully saturated rings. The van der Waals surface area contributed by atoms with Crippen molar-refractivity contribution in [2.75, 3.05) is 19.8 Å². The molecule has 5 nitrogen and oxygen atoms in total. The van der Waals surface area contributed by atoms with Crippen LogP contribution in [0.3, 0.4) is 0 Å². The molecule has 0 aliphatic carbocycles. The summed E-state index contributed by atoms with van der Waals surface area (Å²) < 4.78 is 28.5. The van der Waals surface area contributed by atoms with E-state index in [1.54, 1.807) is 0 Å². The van der Waals surface area contributed by atoms with Crippen LogP contribution in [0, 0.1) is 19.8 Å². The number of hydrogen-bond acceptors (Lipinski definition) is 4. The van der Waals surface area contributed by atoms with E-state index in [0.717, 1.165) is 25.6 Å². The summed E-state index contributed by atoms with van der Waals surface area (Å²) in [5.41, 5.74) is 2.53. The Morgan fingerprint density at radius 3 is 2.50 bits per heavy atom. The number of ether oxygens (including phenoxy) is 2. The van der Waals surface area contributed by atoms with E-state index < -0.39 is 10.9 Å². The molecule has 0 amide bonds. The van der Waals surface area contributed by atoms with Gasteiger partial charge in [-0.25, -0.2) is 13.6 Å². The van der Waals surface area contributed by atoms with Gasteiger partial charge in [0, 0.05) is 5.92 Å². The van der Waals surface area contributed by atoms with E-state index in [2.05, 4.69) is 25.1 Å². The van der Waals surface area contributed by atoms with Crippen LogP contribution >= 0.6 is 0 Å². The standard InChI is InChI=1S/C12H16O2.H3NO2S/c1-9-4-3-5-12(10(9)2)14-8-11-6-13-7-11;1-4(2)3/h3-5,11H,6-8H2,1-2H3;4H,(H2,1,2,3). The second kappa shape index (κ2) is 7.35. The summed E-state index contributed by atoms with van der Waals surface area (Å²) in [6, 6.07) is 6.17. The maximum absolute atomic E-state index is 8.81. The lowest BCUT2D eigenvalue weighted by atomic mass is 10.1. The van der Waals surface area contributed by atoms with Crippen molar-refractivity contribution in [1.82, 2.24) is 0 Å². The molecule has 1 aromatic rings. The third kappa shape index (κ3) is 5.03. The van der Waals surface area contributed by atoms with Gasteiger partial charge in [0.1, 0.15) is 5.75 Å². The van der Waals surface area contributed by atoms with Gasteiger partial charge >= 0.3 is 0 Å². The van der Waals surface area contributed by atoms with Gasteiger partial charge in [-0.15, -0.1) is 0 Å². The molecule has 0 unspecified atom stereocenters. The molecule has 2 rings (SSSR count). The second-order valence-electron chi connectivity index (χ2n) is 4.20. The maximum atomic E-state index is 8.81. The first-order valence-corrected chi connectivity index (χ1v) is 6.91. The molecule has 0 saturated carbocycles. The van der Waals surface area contributed by atoms with E-state index >= 15 is 0 Å². The van der Waals surface area contributed by atoms with E-state index in [1.807, 2.05) is 12.1 Å². The van der Waals surface area contributed by atoms with E-state index in [-0.39, 0.29) is 0 Å². The first-order chi connectivity index (χ1) is 8.50. The molecule has 0 spiro atoms. The summed E-state index contributed by atoms with van der Waals surface area (Å²) in [5, 5.41) is 4.06. The van der Waals surface area contributed by atoms with Crippen molar-refractivity contribution in [3.63, 3.8) is 0 Å². The van der Waals surface area contributed by atoms with Gasteiger partial charge in [-0.05, 0) is 31.0 Å². The molecule has 1 heterocycles. The second-order valence-corrected chi connectivity index (χ2v) is 4.77. The molecular formula is C12H19NO4S. The number of nitrogens with two attached hydrogens (primary N) is 1. The SMILES string of the molecule is Cc1cccc(OCC2COC2)c1C.N[SH](=O)=O. The van der Waals surface area contributed by atoms with Crippen LogP contribution in [0.1, 0.15) is 11.1 Å². The van der Waals surface area contributed by atoms with Gasteiger partial charge in [0.05, 0.1) is 19.8 Å². The number of hydrogen-bond donors (Lipinski definition) is 2. The van der Waals surface area contributed by atoms with Gasteiger partial charge in [0.15, 0.2) is 10.9 Å². The molecule has 0 atom stereocenters. The topological polar surface area (TPSA) is 78.6 Å². The zero-order valence-electron chi connectivity index (χ0n) is 10.6. The third-order valence-corrected chi connectivity index (χ3v) is 2.74. The van der Waals surface area contributed by atoms with Crippen molar-refractivity contribution in [2.24, 2.45) is 11.1 Å². The van der Waals surface area contributed by atoms with Crippen LogP contribution < -0.4 is 9.88 Å². The van der Waals surface area contributed by atoms with Gasteiger partial charge in [-0.2, -0.15) is 0 Å². The number of thiol groups is 1. The normalized spacial score (nSPS) is 14.7.